The molecule has 2 fully saturated rings. The van der Waals surface area contributed by atoms with Crippen LogP contribution in [0.3, 0.4) is 0 Å². The van der Waals surface area contributed by atoms with Crippen LogP contribution >= 0.6 is 0 Å². The van der Waals surface area contributed by atoms with Crippen molar-refractivity contribution in [3.63, 3.8) is 0 Å². The number of carbonyl (C=O) groups is 2. The molecule has 23 heavy (non-hydrogen) atoms. The van der Waals surface area contributed by atoms with E-state index < -0.39 is 5.60 Å². The number of aliphatic hydroxyl groups is 1. The number of ether oxygens (including phenoxy) is 1. The molecule has 0 aromatic rings. The van der Waals surface area contributed by atoms with Gasteiger partial charge in [-0.2, -0.15) is 0 Å². The van der Waals surface area contributed by atoms with Crippen LogP contribution in [0.4, 0.5) is 9.59 Å². The average molecular weight is 327 g/mol. The summed E-state index contributed by atoms with van der Waals surface area (Å²) in [5.74, 6) is 0. The Morgan fingerprint density at radius 3 is 2.35 bits per heavy atom. The fourth-order valence-corrected chi connectivity index (χ4v) is 2.92. The summed E-state index contributed by atoms with van der Waals surface area (Å²) < 4.78 is 5.39. The van der Waals surface area contributed by atoms with E-state index in [1.165, 1.54) is 0 Å². The van der Waals surface area contributed by atoms with Crippen molar-refractivity contribution in [3.8, 4) is 0 Å². The lowest BCUT2D eigenvalue weighted by Gasteiger charge is -2.36. The minimum Gasteiger partial charge on any atom is -0.444 e. The first kappa shape index (κ1) is 17.8. The predicted octanol–water partition coefficient (Wildman–Crippen LogP) is 1.55. The molecule has 2 heterocycles. The van der Waals surface area contributed by atoms with Gasteiger partial charge in [0.1, 0.15) is 5.60 Å². The molecule has 0 aromatic carbocycles. The Kier molecular flexibility index (Phi) is 5.73. The van der Waals surface area contributed by atoms with E-state index in [1.54, 1.807) is 9.80 Å². The van der Waals surface area contributed by atoms with Crippen molar-refractivity contribution in [1.29, 1.82) is 0 Å². The molecule has 0 saturated carbocycles. The Bertz CT molecular complexity index is 428. The fourth-order valence-electron chi connectivity index (χ4n) is 2.92. The van der Waals surface area contributed by atoms with Gasteiger partial charge in [0, 0.05) is 32.2 Å². The Morgan fingerprint density at radius 1 is 1.09 bits per heavy atom. The smallest absolute Gasteiger partial charge is 0.410 e. The van der Waals surface area contributed by atoms with Crippen LogP contribution in [0.15, 0.2) is 0 Å². The molecule has 0 bridgehead atoms. The summed E-state index contributed by atoms with van der Waals surface area (Å²) >= 11 is 0. The molecule has 7 nitrogen and oxygen atoms in total. The first-order valence-electron chi connectivity index (χ1n) is 8.46. The third-order valence-corrected chi connectivity index (χ3v) is 4.15. The Morgan fingerprint density at radius 2 is 1.74 bits per heavy atom. The van der Waals surface area contributed by atoms with Gasteiger partial charge in [-0.05, 0) is 46.5 Å². The third-order valence-electron chi connectivity index (χ3n) is 4.15. The lowest BCUT2D eigenvalue weighted by molar-refractivity contribution is 0.0186. The molecule has 2 aliphatic heterocycles. The number of aliphatic hydroxyl groups excluding tert-OH is 1. The van der Waals surface area contributed by atoms with Crippen molar-refractivity contribution in [2.75, 3.05) is 26.2 Å². The normalized spacial score (nSPS) is 23.6. The van der Waals surface area contributed by atoms with Gasteiger partial charge < -0.3 is 25.0 Å². The fraction of sp³-hybridized carbons (Fsp3) is 0.875. The zero-order valence-electron chi connectivity index (χ0n) is 14.4. The van der Waals surface area contributed by atoms with Crippen LogP contribution in [0.25, 0.3) is 0 Å². The van der Waals surface area contributed by atoms with Crippen LogP contribution in [0.2, 0.25) is 0 Å². The van der Waals surface area contributed by atoms with E-state index in [4.69, 9.17) is 4.74 Å². The molecule has 0 aromatic heterocycles. The molecule has 2 aliphatic rings. The SMILES string of the molecule is CC(C)(C)OC(=O)N1CCC[C@H](NC(=O)N2CCC(O)CC2)C1. The largest absolute Gasteiger partial charge is 0.444 e. The number of piperidine rings is 2. The average Bonchev–Trinajstić information content (AvgIpc) is 2.46. The van der Waals surface area contributed by atoms with Crippen molar-refractivity contribution < 1.29 is 19.4 Å². The molecule has 0 unspecified atom stereocenters. The standard InChI is InChI=1S/C16H29N3O4/c1-16(2,3)23-15(22)19-8-4-5-12(11-19)17-14(21)18-9-6-13(20)7-10-18/h12-13,20H,4-11H2,1-3H3,(H,17,21)/t12-/m0/s1. The number of nitrogens with zero attached hydrogens (tertiary/aromatic N) is 2. The van der Waals surface area contributed by atoms with Crippen molar-refractivity contribution in [2.24, 2.45) is 0 Å². The van der Waals surface area contributed by atoms with Gasteiger partial charge in [0.05, 0.1) is 6.10 Å². The van der Waals surface area contributed by atoms with E-state index in [0.29, 0.717) is 39.0 Å². The minimum absolute atomic E-state index is 0.0457. The number of carbonyl (C=O) groups excluding carboxylic acids is 2. The molecule has 2 N–H and O–H groups in total. The second-order valence-electron chi connectivity index (χ2n) is 7.43. The Labute approximate surface area is 138 Å². The highest BCUT2D eigenvalue weighted by atomic mass is 16.6. The topological polar surface area (TPSA) is 82.1 Å². The van der Waals surface area contributed by atoms with Crippen LogP contribution in [-0.2, 0) is 4.74 Å². The molecule has 7 heteroatoms. The molecule has 2 rings (SSSR count). The Hall–Kier alpha value is -1.50. The third kappa shape index (κ3) is 5.57. The molecule has 0 radical (unpaired) electrons. The molecule has 3 amide bonds. The minimum atomic E-state index is -0.512. The van der Waals surface area contributed by atoms with Gasteiger partial charge in [-0.25, -0.2) is 9.59 Å². The molecule has 132 valence electrons. The lowest BCUT2D eigenvalue weighted by atomic mass is 10.1. The van der Waals surface area contributed by atoms with Crippen molar-refractivity contribution in [3.05, 3.63) is 0 Å². The molecule has 1 atom stereocenters. The molecule has 2 saturated heterocycles. The van der Waals surface area contributed by atoms with E-state index in [9.17, 15) is 14.7 Å². The van der Waals surface area contributed by atoms with Gasteiger partial charge >= 0.3 is 12.1 Å². The zero-order valence-corrected chi connectivity index (χ0v) is 14.4. The monoisotopic (exact) mass is 327 g/mol. The zero-order chi connectivity index (χ0) is 17.0. The molecule has 0 aliphatic carbocycles. The van der Waals surface area contributed by atoms with E-state index in [1.807, 2.05) is 20.8 Å². The first-order chi connectivity index (χ1) is 10.7. The molecular weight excluding hydrogens is 298 g/mol. The van der Waals surface area contributed by atoms with Crippen LogP contribution < -0.4 is 5.32 Å². The number of hydrogen-bond donors (Lipinski definition) is 2. The highest BCUT2D eigenvalue weighted by Crippen LogP contribution is 2.16. The summed E-state index contributed by atoms with van der Waals surface area (Å²) in [6.45, 7) is 7.84. The maximum absolute atomic E-state index is 12.3. The highest BCUT2D eigenvalue weighted by molar-refractivity contribution is 5.75. The van der Waals surface area contributed by atoms with Crippen LogP contribution in [0.5, 0.6) is 0 Å². The quantitative estimate of drug-likeness (QED) is 0.765. The summed E-state index contributed by atoms with van der Waals surface area (Å²) in [6, 6.07) is -0.149. The number of nitrogens with one attached hydrogen (secondary N) is 1. The second kappa shape index (κ2) is 7.38. The summed E-state index contributed by atoms with van der Waals surface area (Å²) in [4.78, 5) is 27.8. The van der Waals surface area contributed by atoms with Gasteiger partial charge in [0.2, 0.25) is 0 Å². The maximum Gasteiger partial charge on any atom is 0.410 e. The van der Waals surface area contributed by atoms with Crippen LogP contribution in [0, 0.1) is 0 Å². The number of amides is 3. The number of urea groups is 1. The van der Waals surface area contributed by atoms with E-state index in [-0.39, 0.29) is 24.3 Å². The maximum atomic E-state index is 12.3. The number of rotatable bonds is 1. The van der Waals surface area contributed by atoms with E-state index in [0.717, 1.165) is 12.8 Å². The van der Waals surface area contributed by atoms with Gasteiger partial charge in [-0.3, -0.25) is 0 Å². The van der Waals surface area contributed by atoms with Crippen molar-refractivity contribution >= 4 is 12.1 Å². The van der Waals surface area contributed by atoms with Gasteiger partial charge in [0.25, 0.3) is 0 Å². The van der Waals surface area contributed by atoms with Gasteiger partial charge in [-0.15, -0.1) is 0 Å². The van der Waals surface area contributed by atoms with Crippen molar-refractivity contribution in [2.45, 2.75) is 64.2 Å². The Balaban J connectivity index is 1.81. The van der Waals surface area contributed by atoms with Crippen LogP contribution in [-0.4, -0.2) is 71.0 Å². The first-order valence-corrected chi connectivity index (χ1v) is 8.46. The van der Waals surface area contributed by atoms with Crippen molar-refractivity contribution in [1.82, 2.24) is 15.1 Å². The summed E-state index contributed by atoms with van der Waals surface area (Å²) in [6.07, 6.45) is 2.35. The number of hydrogen-bond acceptors (Lipinski definition) is 4. The second-order valence-corrected chi connectivity index (χ2v) is 7.43. The lowest BCUT2D eigenvalue weighted by Crippen LogP contribution is -2.54. The summed E-state index contributed by atoms with van der Waals surface area (Å²) in [5.41, 5.74) is -0.512. The summed E-state index contributed by atoms with van der Waals surface area (Å²) in [5, 5.41) is 12.5. The van der Waals surface area contributed by atoms with Crippen LogP contribution in [0.1, 0.15) is 46.5 Å². The highest BCUT2D eigenvalue weighted by Gasteiger charge is 2.30. The predicted molar refractivity (Wildman–Crippen MR) is 86.2 cm³/mol. The summed E-state index contributed by atoms with van der Waals surface area (Å²) in [7, 11) is 0. The van der Waals surface area contributed by atoms with Gasteiger partial charge in [0.15, 0.2) is 0 Å². The number of likely N-dealkylation sites (tertiary alicyclic amines) is 2. The van der Waals surface area contributed by atoms with Gasteiger partial charge in [-0.1, -0.05) is 0 Å². The molecular formula is C16H29N3O4. The molecule has 0 spiro atoms. The van der Waals surface area contributed by atoms with E-state index >= 15 is 0 Å². The van der Waals surface area contributed by atoms with E-state index in [2.05, 4.69) is 5.32 Å².